The third-order valence-corrected chi connectivity index (χ3v) is 4.27. The van der Waals surface area contributed by atoms with Gasteiger partial charge in [-0.15, -0.1) is 0 Å². The van der Waals surface area contributed by atoms with Gasteiger partial charge in [0.1, 0.15) is 11.2 Å². The summed E-state index contributed by atoms with van der Waals surface area (Å²) >= 11 is 1.34. The van der Waals surface area contributed by atoms with Crippen molar-refractivity contribution in [2.45, 2.75) is 0 Å². The number of thiazole rings is 1. The maximum absolute atomic E-state index is 11.1. The van der Waals surface area contributed by atoms with Crippen molar-refractivity contribution in [1.82, 2.24) is 15.0 Å². The second-order valence-corrected chi connectivity index (χ2v) is 5.45. The Labute approximate surface area is 120 Å². The van der Waals surface area contributed by atoms with Crippen LogP contribution in [0.1, 0.15) is 9.67 Å². The fraction of sp³-hybridized carbons (Fsp3) is 0.333. The van der Waals surface area contributed by atoms with Gasteiger partial charge in [-0.05, 0) is 0 Å². The van der Waals surface area contributed by atoms with Crippen LogP contribution < -0.4 is 15.5 Å². The van der Waals surface area contributed by atoms with Crippen LogP contribution in [0.3, 0.4) is 0 Å². The molecule has 2 aromatic rings. The minimum absolute atomic E-state index is 0.422. The second-order valence-electron chi connectivity index (χ2n) is 4.44. The molecule has 3 heterocycles. The van der Waals surface area contributed by atoms with Crippen molar-refractivity contribution in [3.8, 4) is 0 Å². The fourth-order valence-electron chi connectivity index (χ4n) is 2.14. The van der Waals surface area contributed by atoms with Gasteiger partial charge in [-0.2, -0.15) is 0 Å². The first-order valence-corrected chi connectivity index (χ1v) is 7.06. The molecule has 0 aliphatic carbocycles. The summed E-state index contributed by atoms with van der Waals surface area (Å²) in [6.07, 6.45) is 6.70. The molecule has 1 saturated heterocycles. The highest BCUT2D eigenvalue weighted by Crippen LogP contribution is 2.24. The molecule has 1 amide bonds. The number of piperazine rings is 1. The minimum atomic E-state index is -0.422. The monoisotopic (exact) mass is 290 g/mol. The molecule has 20 heavy (non-hydrogen) atoms. The van der Waals surface area contributed by atoms with Crippen molar-refractivity contribution in [1.29, 1.82) is 0 Å². The van der Waals surface area contributed by atoms with Gasteiger partial charge in [-0.25, -0.2) is 15.0 Å². The molecule has 0 spiro atoms. The van der Waals surface area contributed by atoms with Gasteiger partial charge in [-0.1, -0.05) is 11.3 Å². The van der Waals surface area contributed by atoms with Gasteiger partial charge in [-0.3, -0.25) is 4.79 Å². The first-order valence-electron chi connectivity index (χ1n) is 6.24. The number of hydrogen-bond acceptors (Lipinski definition) is 7. The van der Waals surface area contributed by atoms with E-state index in [0.717, 1.165) is 37.0 Å². The number of anilines is 2. The number of hydrogen-bond donors (Lipinski definition) is 1. The van der Waals surface area contributed by atoms with Crippen LogP contribution in [0.5, 0.6) is 0 Å². The Hall–Kier alpha value is -2.22. The molecular formula is C12H14N6OS. The van der Waals surface area contributed by atoms with Crippen LogP contribution in [0.15, 0.2) is 24.9 Å². The van der Waals surface area contributed by atoms with Crippen molar-refractivity contribution in [2.24, 2.45) is 5.73 Å². The van der Waals surface area contributed by atoms with Crippen molar-refractivity contribution in [2.75, 3.05) is 36.0 Å². The number of carbonyl (C=O) groups excluding carboxylic acids is 1. The molecule has 2 aromatic heterocycles. The van der Waals surface area contributed by atoms with Gasteiger partial charge in [0.05, 0.1) is 24.3 Å². The van der Waals surface area contributed by atoms with E-state index < -0.39 is 5.91 Å². The Morgan fingerprint density at radius 2 is 1.75 bits per heavy atom. The lowest BCUT2D eigenvalue weighted by atomic mass is 10.3. The van der Waals surface area contributed by atoms with E-state index in [1.807, 2.05) is 12.4 Å². The summed E-state index contributed by atoms with van der Waals surface area (Å²) in [5, 5.41) is 0.850. The van der Waals surface area contributed by atoms with Crippen LogP contribution in [0.25, 0.3) is 0 Å². The molecule has 1 aliphatic rings. The molecule has 0 bridgehead atoms. The number of amides is 1. The summed E-state index contributed by atoms with van der Waals surface area (Å²) in [6, 6.07) is 0. The normalized spacial score (nSPS) is 15.4. The zero-order valence-corrected chi connectivity index (χ0v) is 11.6. The van der Waals surface area contributed by atoms with Crippen molar-refractivity contribution < 1.29 is 4.79 Å². The van der Waals surface area contributed by atoms with E-state index in [-0.39, 0.29) is 0 Å². The van der Waals surface area contributed by atoms with Crippen LogP contribution in [0, 0.1) is 0 Å². The van der Waals surface area contributed by atoms with E-state index in [0.29, 0.717) is 4.88 Å². The first-order chi connectivity index (χ1) is 9.74. The average molecular weight is 290 g/mol. The predicted molar refractivity (Wildman–Crippen MR) is 77.1 cm³/mol. The molecule has 0 saturated carbocycles. The summed E-state index contributed by atoms with van der Waals surface area (Å²) in [5.74, 6) is -0.422. The largest absolute Gasteiger partial charge is 0.365 e. The number of nitrogens with two attached hydrogens (primary N) is 1. The summed E-state index contributed by atoms with van der Waals surface area (Å²) < 4.78 is 0. The lowest BCUT2D eigenvalue weighted by Gasteiger charge is -2.35. The van der Waals surface area contributed by atoms with Gasteiger partial charge in [0.2, 0.25) is 0 Å². The van der Waals surface area contributed by atoms with Gasteiger partial charge in [0, 0.05) is 26.2 Å². The average Bonchev–Trinajstić information content (AvgIpc) is 2.98. The van der Waals surface area contributed by atoms with Gasteiger partial charge < -0.3 is 15.5 Å². The maximum atomic E-state index is 11.1. The number of nitrogens with zero attached hydrogens (tertiary/aromatic N) is 5. The number of carbonyl (C=O) groups is 1. The van der Waals surface area contributed by atoms with E-state index in [2.05, 4.69) is 24.8 Å². The summed E-state index contributed by atoms with van der Waals surface area (Å²) in [5.41, 5.74) is 6.28. The topological polar surface area (TPSA) is 88.2 Å². The Balaban J connectivity index is 1.65. The third kappa shape index (κ3) is 2.55. The molecule has 0 radical (unpaired) electrons. The molecule has 0 unspecified atom stereocenters. The Morgan fingerprint density at radius 1 is 1.10 bits per heavy atom. The van der Waals surface area contributed by atoms with Crippen LogP contribution >= 0.6 is 11.3 Å². The first kappa shape index (κ1) is 12.8. The Kier molecular flexibility index (Phi) is 3.46. The molecule has 1 aliphatic heterocycles. The van der Waals surface area contributed by atoms with Crippen molar-refractivity contribution in [3.05, 3.63) is 29.8 Å². The van der Waals surface area contributed by atoms with Crippen LogP contribution in [0.2, 0.25) is 0 Å². The smallest absolute Gasteiger partial charge is 0.260 e. The molecule has 2 N–H and O–H groups in total. The van der Waals surface area contributed by atoms with Crippen molar-refractivity contribution in [3.63, 3.8) is 0 Å². The summed E-state index contributed by atoms with van der Waals surface area (Å²) in [7, 11) is 0. The highest BCUT2D eigenvalue weighted by atomic mass is 32.1. The van der Waals surface area contributed by atoms with E-state index >= 15 is 0 Å². The van der Waals surface area contributed by atoms with Gasteiger partial charge >= 0.3 is 0 Å². The van der Waals surface area contributed by atoms with Crippen molar-refractivity contribution >= 4 is 28.1 Å². The van der Waals surface area contributed by atoms with E-state index in [4.69, 9.17) is 5.73 Å². The predicted octanol–water partition coefficient (Wildman–Crippen LogP) is 0.359. The maximum Gasteiger partial charge on any atom is 0.260 e. The molecular weight excluding hydrogens is 276 g/mol. The van der Waals surface area contributed by atoms with E-state index in [1.54, 1.807) is 6.20 Å². The Bertz CT molecular complexity index is 593. The lowest BCUT2D eigenvalue weighted by molar-refractivity contribution is 0.100. The Morgan fingerprint density at radius 3 is 2.35 bits per heavy atom. The molecule has 1 fully saturated rings. The highest BCUT2D eigenvalue weighted by molar-refractivity contribution is 7.17. The van der Waals surface area contributed by atoms with Crippen LogP contribution in [0.4, 0.5) is 10.8 Å². The SMILES string of the molecule is NC(=O)c1cnc(N2CCN(c3cncnc3)CC2)s1. The molecule has 3 rings (SSSR count). The van der Waals surface area contributed by atoms with Crippen LogP contribution in [-0.2, 0) is 0 Å². The van der Waals surface area contributed by atoms with E-state index in [1.165, 1.54) is 17.7 Å². The molecule has 7 nitrogen and oxygen atoms in total. The molecule has 8 heteroatoms. The molecule has 0 atom stereocenters. The summed E-state index contributed by atoms with van der Waals surface area (Å²) in [6.45, 7) is 3.44. The van der Waals surface area contributed by atoms with Gasteiger partial charge in [0.25, 0.3) is 5.91 Å². The quantitative estimate of drug-likeness (QED) is 0.878. The fourth-order valence-corrected chi connectivity index (χ4v) is 2.96. The zero-order chi connectivity index (χ0) is 13.9. The number of rotatable bonds is 3. The third-order valence-electron chi connectivity index (χ3n) is 3.20. The number of aromatic nitrogens is 3. The number of primary amides is 1. The van der Waals surface area contributed by atoms with E-state index in [9.17, 15) is 4.79 Å². The standard InChI is InChI=1S/C12H14N6OS/c13-11(19)10-7-16-12(20-10)18-3-1-17(2-4-18)9-5-14-8-15-6-9/h5-8H,1-4H2,(H2,13,19). The molecule has 104 valence electrons. The highest BCUT2D eigenvalue weighted by Gasteiger charge is 2.20. The van der Waals surface area contributed by atoms with Crippen LogP contribution in [-0.4, -0.2) is 47.0 Å². The minimum Gasteiger partial charge on any atom is -0.365 e. The second kappa shape index (κ2) is 5.41. The molecule has 0 aromatic carbocycles. The zero-order valence-electron chi connectivity index (χ0n) is 10.8. The lowest BCUT2D eigenvalue weighted by Crippen LogP contribution is -2.46. The van der Waals surface area contributed by atoms with Gasteiger partial charge in [0.15, 0.2) is 5.13 Å². The summed E-state index contributed by atoms with van der Waals surface area (Å²) in [4.78, 5) is 28.3.